The van der Waals surface area contributed by atoms with Crippen molar-refractivity contribution in [3.05, 3.63) is 106 Å². The number of carbonyl (C=O) groups is 1. The number of aryl methyl sites for hydroxylation is 2. The van der Waals surface area contributed by atoms with Gasteiger partial charge in [-0.3, -0.25) is 14.9 Å². The van der Waals surface area contributed by atoms with Crippen LogP contribution < -0.4 is 5.32 Å². The van der Waals surface area contributed by atoms with E-state index in [0.717, 1.165) is 12.0 Å². The lowest BCUT2D eigenvalue weighted by Gasteiger charge is -2.10. The van der Waals surface area contributed by atoms with Crippen molar-refractivity contribution in [2.75, 3.05) is 5.32 Å². The molecule has 1 N–H and O–H groups in total. The lowest BCUT2D eigenvalue weighted by atomic mass is 9.99. The molecule has 0 bridgehead atoms. The first-order chi connectivity index (χ1) is 12.6. The number of para-hydroxylation sites is 2. The van der Waals surface area contributed by atoms with Crippen molar-refractivity contribution < 1.29 is 9.72 Å². The predicted octanol–water partition coefficient (Wildman–Crippen LogP) is 4.63. The number of rotatable bonds is 6. The van der Waals surface area contributed by atoms with Gasteiger partial charge in [0.25, 0.3) is 11.6 Å². The van der Waals surface area contributed by atoms with Crippen molar-refractivity contribution in [1.82, 2.24) is 0 Å². The Bertz CT molecular complexity index is 923. The molecule has 0 saturated heterocycles. The minimum atomic E-state index is -0.503. The number of amides is 1. The Morgan fingerprint density at radius 1 is 0.846 bits per heavy atom. The number of hydrogen-bond donors (Lipinski definition) is 1. The van der Waals surface area contributed by atoms with Crippen LogP contribution in [0.2, 0.25) is 0 Å². The molecule has 130 valence electrons. The Labute approximate surface area is 151 Å². The third-order valence-electron chi connectivity index (χ3n) is 4.14. The minimum absolute atomic E-state index is 0.123. The van der Waals surface area contributed by atoms with Crippen molar-refractivity contribution in [3.8, 4) is 0 Å². The van der Waals surface area contributed by atoms with Gasteiger partial charge in [-0.1, -0.05) is 60.7 Å². The Hall–Kier alpha value is -3.47. The zero-order valence-corrected chi connectivity index (χ0v) is 14.1. The summed E-state index contributed by atoms with van der Waals surface area (Å²) in [5, 5.41) is 13.8. The summed E-state index contributed by atoms with van der Waals surface area (Å²) in [6, 6.07) is 23.5. The van der Waals surface area contributed by atoms with Crippen LogP contribution in [0.1, 0.15) is 21.5 Å². The van der Waals surface area contributed by atoms with Crippen LogP contribution in [0.4, 0.5) is 11.4 Å². The molecule has 0 unspecified atom stereocenters. The van der Waals surface area contributed by atoms with Crippen LogP contribution in [0.5, 0.6) is 0 Å². The second-order valence-electron chi connectivity index (χ2n) is 5.87. The average Bonchev–Trinajstić information content (AvgIpc) is 2.67. The van der Waals surface area contributed by atoms with E-state index >= 15 is 0 Å². The van der Waals surface area contributed by atoms with Gasteiger partial charge in [0.15, 0.2) is 0 Å². The summed E-state index contributed by atoms with van der Waals surface area (Å²) in [6.07, 6.45) is 1.53. The summed E-state index contributed by atoms with van der Waals surface area (Å²) < 4.78 is 0. The molecule has 5 nitrogen and oxygen atoms in total. The molecule has 0 spiro atoms. The molecule has 0 aliphatic carbocycles. The van der Waals surface area contributed by atoms with Crippen molar-refractivity contribution in [2.45, 2.75) is 12.8 Å². The minimum Gasteiger partial charge on any atom is -0.316 e. The average molecular weight is 346 g/mol. The first-order valence-corrected chi connectivity index (χ1v) is 8.32. The quantitative estimate of drug-likeness (QED) is 0.522. The number of benzene rings is 3. The van der Waals surface area contributed by atoms with Gasteiger partial charge in [0, 0.05) is 11.6 Å². The molecule has 0 aromatic heterocycles. The number of nitrogens with zero attached hydrogens (tertiary/aromatic N) is 1. The Morgan fingerprint density at radius 2 is 1.50 bits per heavy atom. The Morgan fingerprint density at radius 3 is 2.27 bits per heavy atom. The maximum atomic E-state index is 12.7. The van der Waals surface area contributed by atoms with Crippen LogP contribution >= 0.6 is 0 Å². The van der Waals surface area contributed by atoms with E-state index < -0.39 is 4.92 Å². The maximum Gasteiger partial charge on any atom is 0.292 e. The fraction of sp³-hybridized carbons (Fsp3) is 0.0952. The third-order valence-corrected chi connectivity index (χ3v) is 4.14. The maximum absolute atomic E-state index is 12.7. The lowest BCUT2D eigenvalue weighted by Crippen LogP contribution is -2.15. The van der Waals surface area contributed by atoms with E-state index in [1.807, 2.05) is 30.3 Å². The molecule has 0 aliphatic rings. The van der Waals surface area contributed by atoms with Crippen molar-refractivity contribution in [3.63, 3.8) is 0 Å². The van der Waals surface area contributed by atoms with Crippen molar-refractivity contribution in [1.29, 1.82) is 0 Å². The van der Waals surface area contributed by atoms with Crippen molar-refractivity contribution in [2.24, 2.45) is 0 Å². The number of anilines is 1. The monoisotopic (exact) mass is 346 g/mol. The predicted molar refractivity (Wildman–Crippen MR) is 101 cm³/mol. The fourth-order valence-corrected chi connectivity index (χ4v) is 2.81. The number of nitrogens with one attached hydrogen (secondary N) is 1. The van der Waals surface area contributed by atoms with Gasteiger partial charge in [-0.25, -0.2) is 0 Å². The zero-order chi connectivity index (χ0) is 18.4. The van der Waals surface area contributed by atoms with Crippen LogP contribution in [0.25, 0.3) is 0 Å². The van der Waals surface area contributed by atoms with Crippen LogP contribution in [0.3, 0.4) is 0 Å². The van der Waals surface area contributed by atoms with E-state index in [1.165, 1.54) is 17.7 Å². The summed E-state index contributed by atoms with van der Waals surface area (Å²) >= 11 is 0. The highest BCUT2D eigenvalue weighted by Gasteiger charge is 2.17. The largest absolute Gasteiger partial charge is 0.316 e. The summed E-state index contributed by atoms with van der Waals surface area (Å²) in [5.74, 6) is -0.344. The second-order valence-corrected chi connectivity index (χ2v) is 5.87. The molecule has 0 atom stereocenters. The van der Waals surface area contributed by atoms with E-state index in [2.05, 4.69) is 17.4 Å². The molecular formula is C21H18N2O3. The third kappa shape index (κ3) is 4.13. The summed E-state index contributed by atoms with van der Waals surface area (Å²) in [7, 11) is 0. The highest BCUT2D eigenvalue weighted by Crippen LogP contribution is 2.24. The molecule has 3 aromatic rings. The van der Waals surface area contributed by atoms with E-state index in [9.17, 15) is 14.9 Å². The van der Waals surface area contributed by atoms with Gasteiger partial charge in [0.2, 0.25) is 0 Å². The van der Waals surface area contributed by atoms with E-state index in [-0.39, 0.29) is 17.3 Å². The van der Waals surface area contributed by atoms with Crippen LogP contribution in [-0.4, -0.2) is 10.8 Å². The highest BCUT2D eigenvalue weighted by atomic mass is 16.6. The molecule has 0 saturated carbocycles. The van der Waals surface area contributed by atoms with Gasteiger partial charge in [0.1, 0.15) is 5.69 Å². The lowest BCUT2D eigenvalue weighted by molar-refractivity contribution is -0.383. The van der Waals surface area contributed by atoms with Gasteiger partial charge in [-0.2, -0.15) is 0 Å². The molecule has 0 heterocycles. The standard InChI is InChI=1S/C21H18N2O3/c24-21(22-19-12-6-7-13-20(19)23(25)26)18-11-5-4-10-17(18)15-14-16-8-2-1-3-9-16/h1-13H,14-15H2,(H,22,24). The molecule has 0 aliphatic heterocycles. The molecule has 0 radical (unpaired) electrons. The van der Waals surface area contributed by atoms with Crippen LogP contribution in [-0.2, 0) is 12.8 Å². The molecule has 0 fully saturated rings. The molecule has 3 rings (SSSR count). The number of nitro groups is 1. The summed E-state index contributed by atoms with van der Waals surface area (Å²) in [4.78, 5) is 23.3. The van der Waals surface area contributed by atoms with Gasteiger partial charge in [0.05, 0.1) is 4.92 Å². The van der Waals surface area contributed by atoms with Gasteiger partial charge >= 0.3 is 0 Å². The topological polar surface area (TPSA) is 72.2 Å². The van der Waals surface area contributed by atoms with Gasteiger partial charge in [-0.05, 0) is 36.1 Å². The smallest absolute Gasteiger partial charge is 0.292 e. The van der Waals surface area contributed by atoms with Crippen LogP contribution in [0, 0.1) is 10.1 Å². The fourth-order valence-electron chi connectivity index (χ4n) is 2.81. The number of nitro benzene ring substituents is 1. The van der Waals surface area contributed by atoms with Gasteiger partial charge in [-0.15, -0.1) is 0 Å². The molecule has 5 heteroatoms. The Kier molecular flexibility index (Phi) is 5.39. The van der Waals surface area contributed by atoms with Crippen molar-refractivity contribution >= 4 is 17.3 Å². The first-order valence-electron chi connectivity index (χ1n) is 8.32. The molecular weight excluding hydrogens is 328 g/mol. The zero-order valence-electron chi connectivity index (χ0n) is 14.1. The normalized spacial score (nSPS) is 10.3. The second kappa shape index (κ2) is 8.07. The number of carbonyl (C=O) groups excluding carboxylic acids is 1. The first kappa shape index (κ1) is 17.4. The van der Waals surface area contributed by atoms with E-state index in [4.69, 9.17) is 0 Å². The number of hydrogen-bond acceptors (Lipinski definition) is 3. The van der Waals surface area contributed by atoms with Gasteiger partial charge < -0.3 is 5.32 Å². The Balaban J connectivity index is 1.79. The summed E-state index contributed by atoms with van der Waals surface area (Å²) in [6.45, 7) is 0. The summed E-state index contributed by atoms with van der Waals surface area (Å²) in [5.41, 5.74) is 2.71. The van der Waals surface area contributed by atoms with E-state index in [1.54, 1.807) is 24.3 Å². The molecule has 26 heavy (non-hydrogen) atoms. The van der Waals surface area contributed by atoms with Crippen LogP contribution in [0.15, 0.2) is 78.9 Å². The molecule has 1 amide bonds. The highest BCUT2D eigenvalue weighted by molar-refractivity contribution is 6.06. The SMILES string of the molecule is O=C(Nc1ccccc1[N+](=O)[O-])c1ccccc1CCc1ccccc1. The molecule has 3 aromatic carbocycles. The van der Waals surface area contributed by atoms with E-state index in [0.29, 0.717) is 12.0 Å².